The molecule has 0 saturated carbocycles. The SMILES string of the molecule is COC(=O)C(C)(O)CNCC1CCCO1. The number of methoxy groups -OCH3 is 1. The first-order valence-corrected chi connectivity index (χ1v) is 5.19. The summed E-state index contributed by atoms with van der Waals surface area (Å²) in [6.45, 7) is 3.08. The van der Waals surface area contributed by atoms with Crippen LogP contribution in [0.5, 0.6) is 0 Å². The molecule has 2 atom stereocenters. The van der Waals surface area contributed by atoms with E-state index < -0.39 is 11.6 Å². The second-order valence-corrected chi connectivity index (χ2v) is 4.03. The average Bonchev–Trinajstić information content (AvgIpc) is 2.69. The predicted octanol–water partition coefficient (Wildman–Crippen LogP) is -0.321. The molecule has 0 aromatic heterocycles. The Bertz CT molecular complexity index is 211. The van der Waals surface area contributed by atoms with Gasteiger partial charge in [0.05, 0.1) is 13.2 Å². The fraction of sp³-hybridized carbons (Fsp3) is 0.900. The highest BCUT2D eigenvalue weighted by Gasteiger charge is 2.31. The van der Waals surface area contributed by atoms with E-state index in [0.717, 1.165) is 19.4 Å². The molecule has 2 unspecified atom stereocenters. The quantitative estimate of drug-likeness (QED) is 0.618. The smallest absolute Gasteiger partial charge is 0.338 e. The molecule has 5 nitrogen and oxygen atoms in total. The summed E-state index contributed by atoms with van der Waals surface area (Å²) in [7, 11) is 1.26. The minimum Gasteiger partial charge on any atom is -0.467 e. The minimum atomic E-state index is -1.46. The molecule has 0 aliphatic carbocycles. The van der Waals surface area contributed by atoms with Crippen LogP contribution in [-0.4, -0.2) is 49.6 Å². The molecule has 2 N–H and O–H groups in total. The van der Waals surface area contributed by atoms with Crippen LogP contribution in [0.1, 0.15) is 19.8 Å². The lowest BCUT2D eigenvalue weighted by molar-refractivity contribution is -0.160. The third kappa shape index (κ3) is 3.77. The van der Waals surface area contributed by atoms with E-state index in [-0.39, 0.29) is 12.6 Å². The average molecular weight is 217 g/mol. The summed E-state index contributed by atoms with van der Waals surface area (Å²) in [6.07, 6.45) is 2.33. The van der Waals surface area contributed by atoms with E-state index in [1.54, 1.807) is 0 Å². The van der Waals surface area contributed by atoms with E-state index in [1.165, 1.54) is 14.0 Å². The fourth-order valence-corrected chi connectivity index (χ4v) is 1.57. The van der Waals surface area contributed by atoms with Gasteiger partial charge in [0.1, 0.15) is 0 Å². The number of aliphatic hydroxyl groups is 1. The predicted molar refractivity (Wildman–Crippen MR) is 54.5 cm³/mol. The lowest BCUT2D eigenvalue weighted by Gasteiger charge is -2.21. The Morgan fingerprint density at radius 2 is 2.47 bits per heavy atom. The van der Waals surface area contributed by atoms with Gasteiger partial charge in [0.2, 0.25) is 0 Å². The lowest BCUT2D eigenvalue weighted by atomic mass is 10.1. The van der Waals surface area contributed by atoms with Crippen molar-refractivity contribution < 1.29 is 19.4 Å². The molecular formula is C10H19NO4. The molecule has 1 heterocycles. The van der Waals surface area contributed by atoms with Crippen molar-refractivity contribution in [2.45, 2.75) is 31.5 Å². The summed E-state index contributed by atoms with van der Waals surface area (Å²) in [5.41, 5.74) is -1.46. The third-order valence-corrected chi connectivity index (χ3v) is 2.49. The molecule has 0 amide bonds. The third-order valence-electron chi connectivity index (χ3n) is 2.49. The Balaban J connectivity index is 2.20. The molecule has 1 fully saturated rings. The first kappa shape index (κ1) is 12.4. The topological polar surface area (TPSA) is 67.8 Å². The lowest BCUT2D eigenvalue weighted by Crippen LogP contribution is -2.47. The van der Waals surface area contributed by atoms with E-state index in [9.17, 15) is 9.90 Å². The number of ether oxygens (including phenoxy) is 2. The molecule has 0 radical (unpaired) electrons. The monoisotopic (exact) mass is 217 g/mol. The van der Waals surface area contributed by atoms with Gasteiger partial charge in [-0.25, -0.2) is 4.79 Å². The van der Waals surface area contributed by atoms with E-state index in [4.69, 9.17) is 4.74 Å². The maximum Gasteiger partial charge on any atom is 0.338 e. The molecule has 0 bridgehead atoms. The maximum absolute atomic E-state index is 11.1. The van der Waals surface area contributed by atoms with Crippen molar-refractivity contribution in [1.29, 1.82) is 0 Å². The molecule has 5 heteroatoms. The summed E-state index contributed by atoms with van der Waals surface area (Å²) < 4.78 is 9.87. The Labute approximate surface area is 89.8 Å². The van der Waals surface area contributed by atoms with Gasteiger partial charge < -0.3 is 19.9 Å². The summed E-state index contributed by atoms with van der Waals surface area (Å²) >= 11 is 0. The van der Waals surface area contributed by atoms with Crippen LogP contribution in [0.3, 0.4) is 0 Å². The van der Waals surface area contributed by atoms with Crippen molar-refractivity contribution >= 4 is 5.97 Å². The standard InChI is InChI=1S/C10H19NO4/c1-10(13,9(12)14-2)7-11-6-8-4-3-5-15-8/h8,11,13H,3-7H2,1-2H3. The first-order chi connectivity index (χ1) is 7.06. The van der Waals surface area contributed by atoms with Crippen LogP contribution in [0.4, 0.5) is 0 Å². The van der Waals surface area contributed by atoms with Gasteiger partial charge >= 0.3 is 5.97 Å². The van der Waals surface area contributed by atoms with E-state index in [0.29, 0.717) is 6.54 Å². The second kappa shape index (κ2) is 5.44. The highest BCUT2D eigenvalue weighted by atomic mass is 16.5. The maximum atomic E-state index is 11.1. The molecule has 0 aromatic rings. The van der Waals surface area contributed by atoms with E-state index in [2.05, 4.69) is 10.1 Å². The van der Waals surface area contributed by atoms with Gasteiger partial charge in [0.15, 0.2) is 5.60 Å². The summed E-state index contributed by atoms with van der Waals surface area (Å²) in [6, 6.07) is 0. The van der Waals surface area contributed by atoms with Gasteiger partial charge in [-0.15, -0.1) is 0 Å². The second-order valence-electron chi connectivity index (χ2n) is 4.03. The van der Waals surface area contributed by atoms with Gasteiger partial charge in [0.25, 0.3) is 0 Å². The van der Waals surface area contributed by atoms with Crippen LogP contribution in [0.15, 0.2) is 0 Å². The molecule has 15 heavy (non-hydrogen) atoms. The molecule has 1 aliphatic heterocycles. The highest BCUT2D eigenvalue weighted by molar-refractivity contribution is 5.78. The van der Waals surface area contributed by atoms with Crippen molar-refractivity contribution in [3.63, 3.8) is 0 Å². The summed E-state index contributed by atoms with van der Waals surface area (Å²) in [5.74, 6) is -0.623. The zero-order valence-corrected chi connectivity index (χ0v) is 9.28. The number of esters is 1. The number of nitrogens with one attached hydrogen (secondary N) is 1. The Hall–Kier alpha value is -0.650. The number of rotatable bonds is 5. The molecule has 0 aromatic carbocycles. The van der Waals surface area contributed by atoms with Crippen LogP contribution in [0, 0.1) is 0 Å². The van der Waals surface area contributed by atoms with Crippen molar-refractivity contribution in [3.05, 3.63) is 0 Å². The molecule has 1 aliphatic rings. The number of carbonyl (C=O) groups is 1. The van der Waals surface area contributed by atoms with Crippen molar-refractivity contribution in [1.82, 2.24) is 5.32 Å². The Morgan fingerprint density at radius 1 is 1.73 bits per heavy atom. The number of carbonyl (C=O) groups excluding carboxylic acids is 1. The van der Waals surface area contributed by atoms with Crippen molar-refractivity contribution in [2.75, 3.05) is 26.8 Å². The van der Waals surface area contributed by atoms with E-state index >= 15 is 0 Å². The van der Waals surface area contributed by atoms with Gasteiger partial charge in [-0.05, 0) is 19.8 Å². The number of hydrogen-bond acceptors (Lipinski definition) is 5. The van der Waals surface area contributed by atoms with Crippen LogP contribution in [0.2, 0.25) is 0 Å². The minimum absolute atomic E-state index is 0.180. The van der Waals surface area contributed by atoms with Gasteiger partial charge in [-0.2, -0.15) is 0 Å². The molecule has 88 valence electrons. The summed E-state index contributed by atoms with van der Waals surface area (Å²) in [5, 5.41) is 12.7. The van der Waals surface area contributed by atoms with Crippen LogP contribution in [0.25, 0.3) is 0 Å². The number of hydrogen-bond donors (Lipinski definition) is 2. The molecule has 0 spiro atoms. The fourth-order valence-electron chi connectivity index (χ4n) is 1.57. The molecule has 1 rings (SSSR count). The molecule has 1 saturated heterocycles. The zero-order chi connectivity index (χ0) is 11.3. The Morgan fingerprint density at radius 3 is 3.00 bits per heavy atom. The Kier molecular flexibility index (Phi) is 4.50. The van der Waals surface area contributed by atoms with Crippen LogP contribution in [-0.2, 0) is 14.3 Å². The van der Waals surface area contributed by atoms with Crippen LogP contribution >= 0.6 is 0 Å². The first-order valence-electron chi connectivity index (χ1n) is 5.19. The van der Waals surface area contributed by atoms with Crippen LogP contribution < -0.4 is 5.32 Å². The van der Waals surface area contributed by atoms with Gasteiger partial charge in [0, 0.05) is 19.7 Å². The summed E-state index contributed by atoms with van der Waals surface area (Å²) in [4.78, 5) is 11.1. The van der Waals surface area contributed by atoms with Gasteiger partial charge in [-0.1, -0.05) is 0 Å². The largest absolute Gasteiger partial charge is 0.467 e. The van der Waals surface area contributed by atoms with Crippen molar-refractivity contribution in [2.24, 2.45) is 0 Å². The van der Waals surface area contributed by atoms with Crippen molar-refractivity contribution in [3.8, 4) is 0 Å². The highest BCUT2D eigenvalue weighted by Crippen LogP contribution is 2.11. The molecular weight excluding hydrogens is 198 g/mol. The normalized spacial score (nSPS) is 24.9. The van der Waals surface area contributed by atoms with Gasteiger partial charge in [-0.3, -0.25) is 0 Å². The zero-order valence-electron chi connectivity index (χ0n) is 9.28. The van der Waals surface area contributed by atoms with E-state index in [1.807, 2.05) is 0 Å².